The summed E-state index contributed by atoms with van der Waals surface area (Å²) in [5.74, 6) is -2.52. The molecule has 0 radical (unpaired) electrons. The Kier molecular flexibility index (Phi) is 10.3. The van der Waals surface area contributed by atoms with Crippen molar-refractivity contribution < 1.29 is 33.4 Å². The van der Waals surface area contributed by atoms with Crippen LogP contribution in [0.4, 0.5) is 4.79 Å². The number of carbonyl (C=O) groups is 4. The highest BCUT2D eigenvalue weighted by Crippen LogP contribution is 2.22. The summed E-state index contributed by atoms with van der Waals surface area (Å²) in [6.45, 7) is 2.49. The molecular formula is C27H28N4O8. The molecule has 0 aliphatic heterocycles. The van der Waals surface area contributed by atoms with E-state index in [1.165, 1.54) is 0 Å². The zero-order valence-corrected chi connectivity index (χ0v) is 21.3. The molecular weight excluding hydrogens is 508 g/mol. The number of nitrogens with one attached hydrogen (secondary N) is 3. The molecule has 204 valence electrons. The summed E-state index contributed by atoms with van der Waals surface area (Å²) in [4.78, 5) is 67.0. The number of H-pyrrole nitrogens is 1. The topological polar surface area (TPSA) is 166 Å². The monoisotopic (exact) mass is 536 g/mol. The minimum atomic E-state index is -0.978. The number of ether oxygens (including phenoxy) is 3. The third kappa shape index (κ3) is 8.81. The van der Waals surface area contributed by atoms with Gasteiger partial charge in [-0.15, -0.1) is 0 Å². The zero-order valence-electron chi connectivity index (χ0n) is 21.3. The van der Waals surface area contributed by atoms with E-state index in [9.17, 15) is 24.0 Å². The van der Waals surface area contributed by atoms with Crippen LogP contribution in [0.3, 0.4) is 0 Å². The van der Waals surface area contributed by atoms with E-state index in [1.807, 2.05) is 60.7 Å². The average molecular weight is 537 g/mol. The first-order valence-electron chi connectivity index (χ1n) is 12.0. The van der Waals surface area contributed by atoms with E-state index in [0.29, 0.717) is 0 Å². The molecule has 0 fully saturated rings. The van der Waals surface area contributed by atoms with E-state index in [-0.39, 0.29) is 30.5 Å². The Morgan fingerprint density at radius 1 is 0.897 bits per heavy atom. The number of aromatic amines is 1. The van der Waals surface area contributed by atoms with Gasteiger partial charge in [0.1, 0.15) is 5.56 Å². The van der Waals surface area contributed by atoms with Gasteiger partial charge in [0.25, 0.3) is 17.4 Å². The number of carbonyl (C=O) groups excluding carboxylic acids is 4. The van der Waals surface area contributed by atoms with Crippen molar-refractivity contribution in [2.24, 2.45) is 0 Å². The van der Waals surface area contributed by atoms with Gasteiger partial charge in [0.2, 0.25) is 6.79 Å². The number of hydrogen-bond donors (Lipinski definition) is 3. The molecule has 3 N–H and O–H groups in total. The molecule has 0 saturated heterocycles. The van der Waals surface area contributed by atoms with Crippen molar-refractivity contribution in [3.8, 4) is 0 Å². The number of amides is 2. The highest BCUT2D eigenvalue weighted by molar-refractivity contribution is 5.95. The predicted octanol–water partition coefficient (Wildman–Crippen LogP) is 2.47. The maximum atomic E-state index is 13.0. The van der Waals surface area contributed by atoms with Crippen molar-refractivity contribution in [1.29, 1.82) is 0 Å². The van der Waals surface area contributed by atoms with Gasteiger partial charge in [0.15, 0.2) is 5.82 Å². The molecule has 0 bridgehead atoms. The molecule has 0 saturated carbocycles. The first-order valence-corrected chi connectivity index (χ1v) is 12.0. The molecule has 2 amide bonds. The molecule has 3 aromatic rings. The molecule has 0 aliphatic rings. The number of nitrogens with zero attached hydrogens (tertiary/aromatic N) is 1. The summed E-state index contributed by atoms with van der Waals surface area (Å²) < 4.78 is 14.0. The van der Waals surface area contributed by atoms with Crippen LogP contribution >= 0.6 is 0 Å². The minimum absolute atomic E-state index is 0.143. The van der Waals surface area contributed by atoms with E-state index < -0.39 is 42.3 Å². The van der Waals surface area contributed by atoms with Crippen molar-refractivity contribution in [2.45, 2.75) is 32.4 Å². The molecule has 2 aromatic carbocycles. The lowest BCUT2D eigenvalue weighted by atomic mass is 9.98. The highest BCUT2D eigenvalue weighted by atomic mass is 16.8. The van der Waals surface area contributed by atoms with E-state index in [1.54, 1.807) is 13.8 Å². The van der Waals surface area contributed by atoms with Crippen molar-refractivity contribution in [3.05, 3.63) is 99.7 Å². The summed E-state index contributed by atoms with van der Waals surface area (Å²) in [6.07, 6.45) is -0.585. The van der Waals surface area contributed by atoms with Gasteiger partial charge in [-0.3, -0.25) is 19.2 Å². The van der Waals surface area contributed by atoms with Crippen molar-refractivity contribution in [2.75, 3.05) is 13.3 Å². The fraction of sp³-hybridized carbons (Fsp3) is 0.259. The average Bonchev–Trinajstić information content (AvgIpc) is 2.92. The molecule has 0 atom stereocenters. The number of rotatable bonds is 11. The zero-order chi connectivity index (χ0) is 28.2. The molecule has 12 nitrogen and oxygen atoms in total. The van der Waals surface area contributed by atoms with E-state index >= 15 is 0 Å². The first kappa shape index (κ1) is 28.6. The number of esters is 1. The molecule has 1 aromatic heterocycles. The fourth-order valence-corrected chi connectivity index (χ4v) is 3.33. The van der Waals surface area contributed by atoms with Crippen LogP contribution in [-0.2, 0) is 19.0 Å². The van der Waals surface area contributed by atoms with Crippen LogP contribution in [0, 0.1) is 0 Å². The van der Waals surface area contributed by atoms with E-state index in [0.717, 1.165) is 17.3 Å². The summed E-state index contributed by atoms with van der Waals surface area (Å²) in [5.41, 5.74) is 0.552. The van der Waals surface area contributed by atoms with Crippen LogP contribution in [0.15, 0.2) is 71.7 Å². The molecule has 39 heavy (non-hydrogen) atoms. The maximum absolute atomic E-state index is 13.0. The molecule has 12 heteroatoms. The molecule has 3 rings (SSSR count). The lowest BCUT2D eigenvalue weighted by molar-refractivity contribution is -0.153. The Morgan fingerprint density at radius 3 is 2.08 bits per heavy atom. The first-order chi connectivity index (χ1) is 18.7. The molecule has 1 heterocycles. The van der Waals surface area contributed by atoms with Gasteiger partial charge in [0.05, 0.1) is 18.6 Å². The number of hydrogen-bond acceptors (Lipinski definition) is 9. The van der Waals surface area contributed by atoms with Gasteiger partial charge in [-0.25, -0.2) is 9.78 Å². The number of benzene rings is 2. The largest absolute Gasteiger partial charge is 0.511 e. The third-order valence-corrected chi connectivity index (χ3v) is 5.14. The third-order valence-electron chi connectivity index (χ3n) is 5.14. The van der Waals surface area contributed by atoms with Crippen LogP contribution in [-0.4, -0.2) is 53.3 Å². The molecule has 0 unspecified atom stereocenters. The second-order valence-corrected chi connectivity index (χ2v) is 8.40. The molecule has 0 spiro atoms. The Bertz CT molecular complexity index is 1300. The lowest BCUT2D eigenvalue weighted by Crippen LogP contribution is -2.35. The van der Waals surface area contributed by atoms with Gasteiger partial charge in [-0.05, 0) is 25.0 Å². The van der Waals surface area contributed by atoms with Gasteiger partial charge in [-0.2, -0.15) is 0 Å². The van der Waals surface area contributed by atoms with Crippen molar-refractivity contribution in [1.82, 2.24) is 20.6 Å². The van der Waals surface area contributed by atoms with Crippen molar-refractivity contribution in [3.63, 3.8) is 0 Å². The maximum Gasteiger partial charge on any atom is 0.511 e. The van der Waals surface area contributed by atoms with Gasteiger partial charge in [0, 0.05) is 12.7 Å². The molecule has 0 aliphatic carbocycles. The summed E-state index contributed by atoms with van der Waals surface area (Å²) in [6, 6.07) is 18.0. The SMILES string of the molecule is CC(C)OC(=O)OCOC(=O)CCNC(=O)c1ncc(C(=O)NC(c2ccccc2)c2ccccc2)c(=O)[nH]1. The van der Waals surface area contributed by atoms with Crippen LogP contribution in [0.5, 0.6) is 0 Å². The number of aromatic nitrogens is 2. The van der Waals surface area contributed by atoms with E-state index in [4.69, 9.17) is 9.47 Å². The van der Waals surface area contributed by atoms with Gasteiger partial charge < -0.3 is 29.8 Å². The van der Waals surface area contributed by atoms with Gasteiger partial charge >= 0.3 is 12.1 Å². The Morgan fingerprint density at radius 2 is 1.51 bits per heavy atom. The Balaban J connectivity index is 1.55. The predicted molar refractivity (Wildman–Crippen MR) is 138 cm³/mol. The van der Waals surface area contributed by atoms with Gasteiger partial charge in [-0.1, -0.05) is 60.7 Å². The standard InChI is InChI=1S/C27H28N4O8/c1-17(2)39-27(36)38-16-37-21(32)13-14-28-26(35)23-29-15-20(25(34)31-23)24(33)30-22(18-9-5-3-6-10-18)19-11-7-4-8-12-19/h3-12,15,17,22H,13-14,16H2,1-2H3,(H,28,35)(H,30,33)(H,29,31,34). The smallest absolute Gasteiger partial charge is 0.431 e. The van der Waals surface area contributed by atoms with E-state index in [2.05, 4.69) is 25.3 Å². The second kappa shape index (κ2) is 14.1. The van der Waals surface area contributed by atoms with Crippen LogP contribution in [0.2, 0.25) is 0 Å². The second-order valence-electron chi connectivity index (χ2n) is 8.40. The highest BCUT2D eigenvalue weighted by Gasteiger charge is 2.21. The minimum Gasteiger partial charge on any atom is -0.431 e. The van der Waals surface area contributed by atoms with Crippen LogP contribution in [0.1, 0.15) is 58.4 Å². The summed E-state index contributed by atoms with van der Waals surface area (Å²) in [7, 11) is 0. The lowest BCUT2D eigenvalue weighted by Gasteiger charge is -2.19. The van der Waals surface area contributed by atoms with Crippen molar-refractivity contribution >= 4 is 23.9 Å². The van der Waals surface area contributed by atoms with Crippen LogP contribution < -0.4 is 16.2 Å². The normalized spacial score (nSPS) is 10.6. The fourth-order valence-electron chi connectivity index (χ4n) is 3.33. The van der Waals surface area contributed by atoms with Crippen LogP contribution in [0.25, 0.3) is 0 Å². The Hall–Kier alpha value is -5.00. The Labute approximate surface area is 223 Å². The quantitative estimate of drug-likeness (QED) is 0.246. The summed E-state index contributed by atoms with van der Waals surface area (Å²) >= 11 is 0. The summed E-state index contributed by atoms with van der Waals surface area (Å²) in [5, 5.41) is 5.25.